The van der Waals surface area contributed by atoms with Crippen molar-refractivity contribution in [3.8, 4) is 11.3 Å². The minimum Gasteiger partial charge on any atom is -0.395 e. The number of aliphatic hydroxyl groups is 1. The summed E-state index contributed by atoms with van der Waals surface area (Å²) in [6.45, 7) is 2.36. The molecule has 0 amide bonds. The van der Waals surface area contributed by atoms with Gasteiger partial charge in [0.25, 0.3) is 0 Å². The lowest BCUT2D eigenvalue weighted by Gasteiger charge is -2.28. The number of nitrogens with zero attached hydrogens (tertiary/aromatic N) is 3. The third-order valence-corrected chi connectivity index (χ3v) is 5.97. The summed E-state index contributed by atoms with van der Waals surface area (Å²) in [5.74, 6) is -0.989. The zero-order valence-electron chi connectivity index (χ0n) is 17.5. The van der Waals surface area contributed by atoms with Crippen molar-refractivity contribution in [3.63, 3.8) is 0 Å². The average Bonchev–Trinajstić information content (AvgIpc) is 2.78. The molecule has 0 bridgehead atoms. The lowest BCUT2D eigenvalue weighted by molar-refractivity contribution is 0.184. The van der Waals surface area contributed by atoms with Crippen molar-refractivity contribution in [2.24, 2.45) is 0 Å². The van der Waals surface area contributed by atoms with Crippen molar-refractivity contribution >= 4 is 0 Å². The number of hydrogen-bond donors (Lipinski definition) is 1. The number of benzene rings is 2. The Balaban J connectivity index is 1.49. The molecule has 0 saturated heterocycles. The van der Waals surface area contributed by atoms with Crippen LogP contribution in [0, 0.1) is 11.6 Å². The van der Waals surface area contributed by atoms with E-state index < -0.39 is 11.6 Å². The van der Waals surface area contributed by atoms with Crippen molar-refractivity contribution in [2.45, 2.75) is 38.1 Å². The van der Waals surface area contributed by atoms with Crippen molar-refractivity contribution in [1.82, 2.24) is 15.1 Å². The van der Waals surface area contributed by atoms with Crippen LogP contribution >= 0.6 is 0 Å². The van der Waals surface area contributed by atoms with Gasteiger partial charge in [-0.1, -0.05) is 36.4 Å². The van der Waals surface area contributed by atoms with Gasteiger partial charge < -0.3 is 5.11 Å². The zero-order valence-corrected chi connectivity index (χ0v) is 17.5. The molecule has 4 nitrogen and oxygen atoms in total. The predicted molar refractivity (Wildman–Crippen MR) is 116 cm³/mol. The van der Waals surface area contributed by atoms with Crippen LogP contribution in [0.1, 0.15) is 42.0 Å². The number of hydrogen-bond acceptors (Lipinski definition) is 4. The van der Waals surface area contributed by atoms with E-state index in [9.17, 15) is 13.9 Å². The van der Waals surface area contributed by atoms with Crippen LogP contribution in [-0.2, 0) is 13.0 Å². The molecule has 162 valence electrons. The lowest BCUT2D eigenvalue weighted by atomic mass is 9.84. The van der Waals surface area contributed by atoms with Gasteiger partial charge in [-0.15, -0.1) is 0 Å². The summed E-state index contributed by atoms with van der Waals surface area (Å²) in [6, 6.07) is 15.9. The fourth-order valence-electron chi connectivity index (χ4n) is 4.40. The van der Waals surface area contributed by atoms with Gasteiger partial charge in [-0.3, -0.25) is 4.90 Å². The second-order valence-electron chi connectivity index (χ2n) is 8.10. The van der Waals surface area contributed by atoms with E-state index in [1.54, 1.807) is 6.07 Å². The Morgan fingerprint density at radius 3 is 2.48 bits per heavy atom. The standard InChI is InChI=1S/C25H27F2N3O/c26-21-10-5-11-22(27)24(21)23-16-20-9-4-8-19(25(20)29-28-23)12-13-30(14-15-31)17-18-6-2-1-3-7-18/h1-3,5-7,10-11,16,19,31H,4,8-9,12-15,17H2. The molecule has 3 aromatic rings. The van der Waals surface area contributed by atoms with E-state index >= 15 is 0 Å². The Labute approximate surface area is 181 Å². The van der Waals surface area contributed by atoms with Gasteiger partial charge >= 0.3 is 0 Å². The highest BCUT2D eigenvalue weighted by Crippen LogP contribution is 2.34. The van der Waals surface area contributed by atoms with Gasteiger partial charge in [0.15, 0.2) is 0 Å². The highest BCUT2D eigenvalue weighted by molar-refractivity contribution is 5.61. The van der Waals surface area contributed by atoms with E-state index in [4.69, 9.17) is 0 Å². The maximum Gasteiger partial charge on any atom is 0.135 e. The molecule has 0 radical (unpaired) electrons. The average molecular weight is 424 g/mol. The molecular weight excluding hydrogens is 396 g/mol. The predicted octanol–water partition coefficient (Wildman–Crippen LogP) is 4.73. The van der Waals surface area contributed by atoms with Crippen LogP contribution in [0.2, 0.25) is 0 Å². The van der Waals surface area contributed by atoms with Crippen LogP contribution in [-0.4, -0.2) is 39.9 Å². The summed E-state index contributed by atoms with van der Waals surface area (Å²) in [5, 5.41) is 18.1. The molecule has 2 aromatic carbocycles. The third-order valence-electron chi connectivity index (χ3n) is 5.97. The molecule has 1 aromatic heterocycles. The largest absolute Gasteiger partial charge is 0.395 e. The normalized spacial score (nSPS) is 15.8. The summed E-state index contributed by atoms with van der Waals surface area (Å²) in [4.78, 5) is 2.25. The molecule has 1 N–H and O–H groups in total. The molecule has 1 aliphatic rings. The molecule has 4 rings (SSSR count). The van der Waals surface area contributed by atoms with Gasteiger partial charge in [-0.25, -0.2) is 8.78 Å². The summed E-state index contributed by atoms with van der Waals surface area (Å²) >= 11 is 0. The Morgan fingerprint density at radius 1 is 0.968 bits per heavy atom. The molecule has 6 heteroatoms. The van der Waals surface area contributed by atoms with Gasteiger partial charge in [-0.2, -0.15) is 10.2 Å². The fraction of sp³-hybridized carbons (Fsp3) is 0.360. The van der Waals surface area contributed by atoms with E-state index in [0.29, 0.717) is 6.54 Å². The van der Waals surface area contributed by atoms with Gasteiger partial charge in [0.2, 0.25) is 0 Å². The Kier molecular flexibility index (Phi) is 6.99. The van der Waals surface area contributed by atoms with Crippen LogP contribution in [0.25, 0.3) is 11.3 Å². The van der Waals surface area contributed by atoms with Crippen LogP contribution in [0.15, 0.2) is 54.6 Å². The quantitative estimate of drug-likeness (QED) is 0.569. The van der Waals surface area contributed by atoms with Crippen LogP contribution in [0.5, 0.6) is 0 Å². The van der Waals surface area contributed by atoms with Crippen LogP contribution in [0.3, 0.4) is 0 Å². The van der Waals surface area contributed by atoms with Gasteiger partial charge in [-0.05, 0) is 61.6 Å². The number of aromatic nitrogens is 2. The van der Waals surface area contributed by atoms with Crippen molar-refractivity contribution < 1.29 is 13.9 Å². The first-order chi connectivity index (χ1) is 15.2. The van der Waals surface area contributed by atoms with Crippen molar-refractivity contribution in [2.75, 3.05) is 19.7 Å². The van der Waals surface area contributed by atoms with Gasteiger partial charge in [0, 0.05) is 19.0 Å². The van der Waals surface area contributed by atoms with E-state index in [-0.39, 0.29) is 23.8 Å². The second-order valence-corrected chi connectivity index (χ2v) is 8.10. The number of halogens is 2. The maximum absolute atomic E-state index is 14.2. The highest BCUT2D eigenvalue weighted by atomic mass is 19.1. The first-order valence-electron chi connectivity index (χ1n) is 10.8. The molecule has 31 heavy (non-hydrogen) atoms. The van der Waals surface area contributed by atoms with E-state index in [0.717, 1.165) is 50.0 Å². The first kappa shape index (κ1) is 21.5. The molecule has 0 aliphatic heterocycles. The van der Waals surface area contributed by atoms with Crippen LogP contribution in [0.4, 0.5) is 8.78 Å². The molecule has 1 atom stereocenters. The van der Waals surface area contributed by atoms with Crippen molar-refractivity contribution in [3.05, 3.63) is 83.1 Å². The topological polar surface area (TPSA) is 49.2 Å². The molecule has 1 aliphatic carbocycles. The van der Waals surface area contributed by atoms with Gasteiger partial charge in [0.1, 0.15) is 11.6 Å². The minimum absolute atomic E-state index is 0.114. The van der Waals surface area contributed by atoms with Crippen molar-refractivity contribution in [1.29, 1.82) is 0 Å². The maximum atomic E-state index is 14.2. The first-order valence-corrected chi connectivity index (χ1v) is 10.8. The Bertz CT molecular complexity index is 993. The molecular formula is C25H27F2N3O. The minimum atomic E-state index is -0.623. The van der Waals surface area contributed by atoms with Crippen LogP contribution < -0.4 is 0 Å². The number of aryl methyl sites for hydroxylation is 1. The van der Waals surface area contributed by atoms with Gasteiger partial charge in [0.05, 0.1) is 23.6 Å². The molecule has 1 heterocycles. The summed E-state index contributed by atoms with van der Waals surface area (Å²) in [5.41, 5.74) is 3.32. The number of rotatable bonds is 8. The number of aliphatic hydroxyl groups excluding tert-OH is 1. The Morgan fingerprint density at radius 2 is 1.74 bits per heavy atom. The smallest absolute Gasteiger partial charge is 0.135 e. The number of fused-ring (bicyclic) bond motifs is 1. The molecule has 0 saturated carbocycles. The highest BCUT2D eigenvalue weighted by Gasteiger charge is 2.25. The van der Waals surface area contributed by atoms with E-state index in [1.165, 1.54) is 23.8 Å². The summed E-state index contributed by atoms with van der Waals surface area (Å²) in [6.07, 6.45) is 3.78. The monoisotopic (exact) mass is 423 g/mol. The summed E-state index contributed by atoms with van der Waals surface area (Å²) in [7, 11) is 0. The second kappa shape index (κ2) is 10.1. The zero-order chi connectivity index (χ0) is 21.6. The molecule has 0 spiro atoms. The SMILES string of the molecule is OCCN(CCC1CCCc2cc(-c3c(F)cccc3F)nnc21)Cc1ccccc1. The summed E-state index contributed by atoms with van der Waals surface area (Å²) < 4.78 is 28.3. The molecule has 1 unspecified atom stereocenters. The van der Waals surface area contributed by atoms with E-state index in [2.05, 4.69) is 27.2 Å². The lowest BCUT2D eigenvalue weighted by Crippen LogP contribution is -2.29. The fourth-order valence-corrected chi connectivity index (χ4v) is 4.40. The molecule has 0 fully saturated rings. The van der Waals surface area contributed by atoms with E-state index in [1.807, 2.05) is 18.2 Å². The Hall–Kier alpha value is -2.70. The third kappa shape index (κ3) is 5.14.